The Kier molecular flexibility index (Phi) is 6.62. The highest BCUT2D eigenvalue weighted by Crippen LogP contribution is 2.24. The van der Waals surface area contributed by atoms with Crippen LogP contribution in [0.5, 0.6) is 0 Å². The molecule has 0 atom stereocenters. The van der Waals surface area contributed by atoms with Crippen LogP contribution in [0.1, 0.15) is 15.2 Å². The van der Waals surface area contributed by atoms with Crippen LogP contribution in [0.4, 0.5) is 5.69 Å². The molecule has 1 aliphatic heterocycles. The predicted octanol–water partition coefficient (Wildman–Crippen LogP) is 4.16. The number of thiophene rings is 1. The van der Waals surface area contributed by atoms with Crippen molar-refractivity contribution >= 4 is 44.6 Å². The lowest BCUT2D eigenvalue weighted by Crippen LogP contribution is -2.48. The first-order chi connectivity index (χ1) is 14.9. The summed E-state index contributed by atoms with van der Waals surface area (Å²) in [5.74, 6) is -0.162. The highest BCUT2D eigenvalue weighted by atomic mass is 35.5. The minimum atomic E-state index is -3.87. The third-order valence-electron chi connectivity index (χ3n) is 5.13. The van der Waals surface area contributed by atoms with E-state index in [1.54, 1.807) is 52.6 Å². The van der Waals surface area contributed by atoms with E-state index < -0.39 is 10.0 Å². The van der Waals surface area contributed by atoms with Crippen molar-refractivity contribution in [2.45, 2.75) is 11.4 Å². The number of anilines is 1. The van der Waals surface area contributed by atoms with E-state index in [1.807, 2.05) is 6.07 Å². The van der Waals surface area contributed by atoms with Crippen LogP contribution in [-0.2, 0) is 16.6 Å². The van der Waals surface area contributed by atoms with E-state index in [2.05, 4.69) is 21.1 Å². The molecule has 1 amide bonds. The summed E-state index contributed by atoms with van der Waals surface area (Å²) in [7, 11) is -3.87. The number of sulfonamides is 1. The lowest BCUT2D eigenvalue weighted by Gasteiger charge is -2.34. The van der Waals surface area contributed by atoms with Gasteiger partial charge in [0.25, 0.3) is 15.9 Å². The number of halogens is 1. The summed E-state index contributed by atoms with van der Waals surface area (Å²) in [6, 6.07) is 16.9. The van der Waals surface area contributed by atoms with Crippen LogP contribution in [0, 0.1) is 0 Å². The van der Waals surface area contributed by atoms with Crippen LogP contribution in [0.2, 0.25) is 5.02 Å². The molecule has 0 bridgehead atoms. The number of piperazine rings is 1. The first kappa shape index (κ1) is 21.8. The first-order valence-corrected chi connectivity index (χ1v) is 12.6. The number of nitrogens with zero attached hydrogens (tertiary/aromatic N) is 2. The van der Waals surface area contributed by atoms with Crippen LogP contribution in [0.3, 0.4) is 0 Å². The van der Waals surface area contributed by atoms with Crippen molar-refractivity contribution in [1.82, 2.24) is 9.80 Å². The molecule has 2 aromatic carbocycles. The van der Waals surface area contributed by atoms with Gasteiger partial charge >= 0.3 is 0 Å². The van der Waals surface area contributed by atoms with E-state index in [1.165, 1.54) is 17.0 Å². The maximum Gasteiger partial charge on any atom is 0.261 e. The molecule has 0 saturated carbocycles. The smallest absolute Gasteiger partial charge is 0.261 e. The molecule has 3 aromatic rings. The number of amides is 1. The number of benzene rings is 2. The van der Waals surface area contributed by atoms with Gasteiger partial charge in [0.1, 0.15) is 0 Å². The van der Waals surface area contributed by atoms with E-state index in [-0.39, 0.29) is 10.8 Å². The van der Waals surface area contributed by atoms with E-state index in [4.69, 9.17) is 11.6 Å². The Morgan fingerprint density at radius 1 is 1.00 bits per heavy atom. The number of carbonyl (C=O) groups excluding carboxylic acids is 1. The highest BCUT2D eigenvalue weighted by molar-refractivity contribution is 7.92. The molecule has 0 unspecified atom stereocenters. The van der Waals surface area contributed by atoms with Gasteiger partial charge in [0, 0.05) is 43.2 Å². The number of rotatable bonds is 6. The van der Waals surface area contributed by atoms with E-state index in [0.29, 0.717) is 29.4 Å². The third kappa shape index (κ3) is 5.27. The number of carbonyl (C=O) groups is 1. The van der Waals surface area contributed by atoms with Crippen molar-refractivity contribution < 1.29 is 13.2 Å². The zero-order valence-corrected chi connectivity index (χ0v) is 19.1. The van der Waals surface area contributed by atoms with Crippen molar-refractivity contribution in [1.29, 1.82) is 0 Å². The SMILES string of the molecule is O=C(c1cccc(S(=O)(=O)Nc2ccccc2Cl)c1)N1CCN(Cc2cccs2)CC1. The molecule has 162 valence electrons. The fourth-order valence-corrected chi connectivity index (χ4v) is 5.57. The second-order valence-electron chi connectivity index (χ2n) is 7.26. The van der Waals surface area contributed by atoms with Crippen molar-refractivity contribution in [3.8, 4) is 0 Å². The van der Waals surface area contributed by atoms with E-state index in [9.17, 15) is 13.2 Å². The van der Waals surface area contributed by atoms with Gasteiger partial charge in [-0.3, -0.25) is 14.4 Å². The monoisotopic (exact) mass is 475 g/mol. The summed E-state index contributed by atoms with van der Waals surface area (Å²) in [4.78, 5) is 18.4. The van der Waals surface area contributed by atoms with Crippen molar-refractivity contribution in [3.05, 3.63) is 81.5 Å². The van der Waals surface area contributed by atoms with Gasteiger partial charge in [0.15, 0.2) is 0 Å². The summed E-state index contributed by atoms with van der Waals surface area (Å²) in [5, 5.41) is 2.37. The molecule has 0 spiro atoms. The lowest BCUT2D eigenvalue weighted by molar-refractivity contribution is 0.0629. The van der Waals surface area contributed by atoms with Gasteiger partial charge in [0.05, 0.1) is 15.6 Å². The Labute approximate surface area is 191 Å². The Hall–Kier alpha value is -2.39. The first-order valence-electron chi connectivity index (χ1n) is 9.84. The normalized spacial score (nSPS) is 15.1. The second-order valence-corrected chi connectivity index (χ2v) is 10.4. The molecule has 1 fully saturated rings. The van der Waals surface area contributed by atoms with Gasteiger partial charge in [-0.2, -0.15) is 0 Å². The summed E-state index contributed by atoms with van der Waals surface area (Å²) in [6.45, 7) is 3.69. The molecule has 6 nitrogen and oxygen atoms in total. The van der Waals surface area contributed by atoms with Gasteiger partial charge in [-0.1, -0.05) is 35.9 Å². The van der Waals surface area contributed by atoms with Crippen LogP contribution < -0.4 is 4.72 Å². The summed E-state index contributed by atoms with van der Waals surface area (Å²) >= 11 is 7.80. The molecule has 1 saturated heterocycles. The topological polar surface area (TPSA) is 69.7 Å². The average Bonchev–Trinajstić information content (AvgIpc) is 3.28. The zero-order chi connectivity index (χ0) is 21.8. The summed E-state index contributed by atoms with van der Waals surface area (Å²) in [6.07, 6.45) is 0. The van der Waals surface area contributed by atoms with E-state index >= 15 is 0 Å². The van der Waals surface area contributed by atoms with Gasteiger partial charge in [-0.05, 0) is 41.8 Å². The molecule has 1 N–H and O–H groups in total. The number of hydrogen-bond donors (Lipinski definition) is 1. The molecular weight excluding hydrogens is 454 g/mol. The molecule has 0 radical (unpaired) electrons. The van der Waals surface area contributed by atoms with Crippen LogP contribution >= 0.6 is 22.9 Å². The van der Waals surface area contributed by atoms with Crippen molar-refractivity contribution in [3.63, 3.8) is 0 Å². The Balaban J connectivity index is 1.43. The Bertz CT molecular complexity index is 1160. The Morgan fingerprint density at radius 2 is 1.77 bits per heavy atom. The van der Waals surface area contributed by atoms with Crippen LogP contribution in [-0.4, -0.2) is 50.3 Å². The predicted molar refractivity (Wildman–Crippen MR) is 124 cm³/mol. The maximum atomic E-state index is 13.0. The zero-order valence-electron chi connectivity index (χ0n) is 16.7. The summed E-state index contributed by atoms with van der Waals surface area (Å²) < 4.78 is 28.1. The van der Waals surface area contributed by atoms with Gasteiger partial charge in [-0.15, -0.1) is 11.3 Å². The molecule has 0 aliphatic carbocycles. The van der Waals surface area contributed by atoms with E-state index in [0.717, 1.165) is 19.6 Å². The fraction of sp³-hybridized carbons (Fsp3) is 0.227. The minimum Gasteiger partial charge on any atom is -0.336 e. The number of nitrogens with one attached hydrogen (secondary N) is 1. The maximum absolute atomic E-state index is 13.0. The van der Waals surface area contributed by atoms with Crippen molar-refractivity contribution in [2.75, 3.05) is 30.9 Å². The fourth-order valence-electron chi connectivity index (χ4n) is 3.46. The quantitative estimate of drug-likeness (QED) is 0.581. The summed E-state index contributed by atoms with van der Waals surface area (Å²) in [5.41, 5.74) is 0.650. The Morgan fingerprint density at radius 3 is 2.48 bits per heavy atom. The van der Waals surface area contributed by atoms with Gasteiger partial charge < -0.3 is 4.90 Å². The molecule has 9 heteroatoms. The molecule has 31 heavy (non-hydrogen) atoms. The second kappa shape index (κ2) is 9.40. The number of para-hydroxylation sites is 1. The molecule has 2 heterocycles. The van der Waals surface area contributed by atoms with Gasteiger partial charge in [0.2, 0.25) is 0 Å². The molecule has 4 rings (SSSR count). The molecular formula is C22H22ClN3O3S2. The largest absolute Gasteiger partial charge is 0.336 e. The molecule has 1 aromatic heterocycles. The highest BCUT2D eigenvalue weighted by Gasteiger charge is 2.24. The molecule has 1 aliphatic rings. The minimum absolute atomic E-state index is 0.0228. The average molecular weight is 476 g/mol. The lowest BCUT2D eigenvalue weighted by atomic mass is 10.2. The van der Waals surface area contributed by atoms with Crippen molar-refractivity contribution in [2.24, 2.45) is 0 Å². The number of hydrogen-bond acceptors (Lipinski definition) is 5. The standard InChI is InChI=1S/C22H22ClN3O3S2/c23-20-8-1-2-9-21(20)24-31(28,29)19-7-3-5-17(15-19)22(27)26-12-10-25(11-13-26)16-18-6-4-14-30-18/h1-9,14-15,24H,10-13,16H2. The van der Waals surface area contributed by atoms with Crippen LogP contribution in [0.25, 0.3) is 0 Å². The van der Waals surface area contributed by atoms with Crippen LogP contribution in [0.15, 0.2) is 70.9 Å². The third-order valence-corrected chi connectivity index (χ3v) is 7.68. The van der Waals surface area contributed by atoms with Gasteiger partial charge in [-0.25, -0.2) is 8.42 Å².